The van der Waals surface area contributed by atoms with Gasteiger partial charge in [-0.05, 0) is 43.5 Å². The van der Waals surface area contributed by atoms with E-state index in [9.17, 15) is 14.0 Å². The molecule has 1 saturated heterocycles. The Hall–Kier alpha value is -3.26. The molecule has 0 bridgehead atoms. The fourth-order valence-electron chi connectivity index (χ4n) is 4.68. The first-order valence-corrected chi connectivity index (χ1v) is 12.3. The number of amides is 1. The summed E-state index contributed by atoms with van der Waals surface area (Å²) < 4.78 is 16.2. The number of rotatable bonds is 4. The SMILES string of the molecule is C=CC(=O)N1CC(C)N(c2nc(=O)n(CC(C)(C)C)c3nc(-c4ccccc4F)c(Cl)cc23)CC1C. The Morgan fingerprint density at radius 3 is 2.53 bits per heavy atom. The topological polar surface area (TPSA) is 71.3 Å². The first-order valence-electron chi connectivity index (χ1n) is 12.0. The standard InChI is InChI=1S/C27H31ClFN5O2/c1-7-22(35)32-13-17(3)33(14-16(32)2)25-19-12-20(28)23(18-10-8-9-11-21(18)29)30-24(19)34(26(36)31-25)15-27(4,5)6/h7-12,16-17H,1,13-15H2,2-6H3. The largest absolute Gasteiger partial charge is 0.351 e. The van der Waals surface area contributed by atoms with Crippen LogP contribution in [-0.4, -0.2) is 50.5 Å². The lowest BCUT2D eigenvalue weighted by Crippen LogP contribution is -2.58. The van der Waals surface area contributed by atoms with E-state index in [-0.39, 0.29) is 39.7 Å². The van der Waals surface area contributed by atoms with E-state index < -0.39 is 11.5 Å². The molecule has 36 heavy (non-hydrogen) atoms. The number of carbonyl (C=O) groups excluding carboxylic acids is 1. The zero-order valence-corrected chi connectivity index (χ0v) is 22.0. The average Bonchev–Trinajstić information content (AvgIpc) is 2.81. The number of halogens is 2. The monoisotopic (exact) mass is 511 g/mol. The minimum absolute atomic E-state index is 0.122. The van der Waals surface area contributed by atoms with Crippen molar-refractivity contribution in [2.45, 2.75) is 53.2 Å². The van der Waals surface area contributed by atoms with Gasteiger partial charge in [0.1, 0.15) is 17.3 Å². The van der Waals surface area contributed by atoms with Gasteiger partial charge in [-0.15, -0.1) is 0 Å². The first-order chi connectivity index (χ1) is 16.9. The molecule has 1 fully saturated rings. The molecule has 1 aliphatic rings. The van der Waals surface area contributed by atoms with Crippen molar-refractivity contribution < 1.29 is 9.18 Å². The van der Waals surface area contributed by atoms with Crippen molar-refractivity contribution in [2.24, 2.45) is 5.41 Å². The third-order valence-corrected chi connectivity index (χ3v) is 6.65. The Morgan fingerprint density at radius 2 is 1.89 bits per heavy atom. The zero-order valence-electron chi connectivity index (χ0n) is 21.3. The highest BCUT2D eigenvalue weighted by Gasteiger charge is 2.33. The van der Waals surface area contributed by atoms with E-state index in [1.165, 1.54) is 16.7 Å². The van der Waals surface area contributed by atoms with Crippen LogP contribution in [-0.2, 0) is 11.3 Å². The van der Waals surface area contributed by atoms with Crippen LogP contribution in [0.15, 0.2) is 47.8 Å². The highest BCUT2D eigenvalue weighted by molar-refractivity contribution is 6.33. The van der Waals surface area contributed by atoms with Crippen LogP contribution in [0, 0.1) is 11.2 Å². The molecule has 1 aliphatic heterocycles. The van der Waals surface area contributed by atoms with Crippen LogP contribution >= 0.6 is 11.6 Å². The third-order valence-electron chi connectivity index (χ3n) is 6.36. The number of piperazine rings is 1. The summed E-state index contributed by atoms with van der Waals surface area (Å²) in [7, 11) is 0. The third kappa shape index (κ3) is 4.87. The predicted octanol–water partition coefficient (Wildman–Crippen LogP) is 4.91. The van der Waals surface area contributed by atoms with Crippen LogP contribution in [0.3, 0.4) is 0 Å². The maximum absolute atomic E-state index is 14.7. The maximum Gasteiger partial charge on any atom is 0.351 e. The van der Waals surface area contributed by atoms with Crippen LogP contribution in [0.1, 0.15) is 34.6 Å². The number of anilines is 1. The number of nitrogens with zero attached hydrogens (tertiary/aromatic N) is 5. The van der Waals surface area contributed by atoms with E-state index in [4.69, 9.17) is 16.6 Å². The molecule has 0 N–H and O–H groups in total. The van der Waals surface area contributed by atoms with Crippen molar-refractivity contribution >= 4 is 34.4 Å². The van der Waals surface area contributed by atoms with Gasteiger partial charge in [0.15, 0.2) is 0 Å². The second-order valence-corrected chi connectivity index (χ2v) is 11.0. The van der Waals surface area contributed by atoms with Gasteiger partial charge < -0.3 is 9.80 Å². The van der Waals surface area contributed by atoms with Crippen LogP contribution in [0.25, 0.3) is 22.3 Å². The van der Waals surface area contributed by atoms with Crippen LogP contribution in [0.4, 0.5) is 10.2 Å². The summed E-state index contributed by atoms with van der Waals surface area (Å²) >= 11 is 6.67. The molecule has 3 aromatic rings. The molecule has 2 aromatic heterocycles. The summed E-state index contributed by atoms with van der Waals surface area (Å²) in [6.45, 7) is 14.9. The maximum atomic E-state index is 14.7. The van der Waals surface area contributed by atoms with Gasteiger partial charge in [-0.3, -0.25) is 9.36 Å². The number of aromatic nitrogens is 3. The van der Waals surface area contributed by atoms with Gasteiger partial charge in [-0.25, -0.2) is 14.2 Å². The molecule has 190 valence electrons. The lowest BCUT2D eigenvalue weighted by molar-refractivity contribution is -0.128. The molecule has 2 atom stereocenters. The van der Waals surface area contributed by atoms with Gasteiger partial charge in [-0.2, -0.15) is 4.98 Å². The average molecular weight is 512 g/mol. The van der Waals surface area contributed by atoms with E-state index in [0.29, 0.717) is 36.5 Å². The molecule has 9 heteroatoms. The molecular formula is C27H31ClFN5O2. The smallest absolute Gasteiger partial charge is 0.349 e. The fraction of sp³-hybridized carbons (Fsp3) is 0.407. The normalized spacial score (nSPS) is 18.5. The van der Waals surface area contributed by atoms with Gasteiger partial charge in [0.25, 0.3) is 0 Å². The Bertz CT molecular complexity index is 1400. The van der Waals surface area contributed by atoms with Crippen LogP contribution in [0.5, 0.6) is 0 Å². The van der Waals surface area contributed by atoms with Crippen molar-refractivity contribution in [3.05, 3.63) is 64.3 Å². The molecule has 0 spiro atoms. The van der Waals surface area contributed by atoms with Crippen molar-refractivity contribution in [2.75, 3.05) is 18.0 Å². The first kappa shape index (κ1) is 25.8. The number of benzene rings is 1. The Labute approximate surface area is 215 Å². The lowest BCUT2D eigenvalue weighted by atomic mass is 9.97. The molecule has 7 nitrogen and oxygen atoms in total. The van der Waals surface area contributed by atoms with Gasteiger partial charge >= 0.3 is 5.69 Å². The van der Waals surface area contributed by atoms with E-state index in [1.54, 1.807) is 29.2 Å². The van der Waals surface area contributed by atoms with E-state index in [2.05, 4.69) is 11.6 Å². The molecular weight excluding hydrogens is 481 g/mol. The highest BCUT2D eigenvalue weighted by atomic mass is 35.5. The van der Waals surface area contributed by atoms with Crippen LogP contribution in [0.2, 0.25) is 5.02 Å². The molecule has 1 aromatic carbocycles. The summed E-state index contributed by atoms with van der Waals surface area (Å²) in [6.07, 6.45) is 1.31. The molecule has 1 amide bonds. The summed E-state index contributed by atoms with van der Waals surface area (Å²) in [5, 5.41) is 0.865. The number of carbonyl (C=O) groups is 1. The lowest BCUT2D eigenvalue weighted by Gasteiger charge is -2.44. The van der Waals surface area contributed by atoms with Gasteiger partial charge in [0, 0.05) is 37.3 Å². The van der Waals surface area contributed by atoms with Gasteiger partial charge in [0.05, 0.1) is 16.1 Å². The van der Waals surface area contributed by atoms with Crippen LogP contribution < -0.4 is 10.6 Å². The van der Waals surface area contributed by atoms with Crippen molar-refractivity contribution in [1.82, 2.24) is 19.4 Å². The van der Waals surface area contributed by atoms with Crippen molar-refractivity contribution in [3.8, 4) is 11.3 Å². The summed E-state index contributed by atoms with van der Waals surface area (Å²) in [6, 6.07) is 7.75. The van der Waals surface area contributed by atoms with Crippen molar-refractivity contribution in [3.63, 3.8) is 0 Å². The highest BCUT2D eigenvalue weighted by Crippen LogP contribution is 2.35. The quantitative estimate of drug-likeness (QED) is 0.465. The minimum atomic E-state index is -0.448. The summed E-state index contributed by atoms with van der Waals surface area (Å²) in [5.74, 6) is -0.123. The zero-order chi connectivity index (χ0) is 26.4. The van der Waals surface area contributed by atoms with Gasteiger partial charge in [0.2, 0.25) is 5.91 Å². The molecule has 0 aliphatic carbocycles. The van der Waals surface area contributed by atoms with E-state index in [0.717, 1.165) is 0 Å². The van der Waals surface area contributed by atoms with Gasteiger partial charge in [-0.1, -0.05) is 51.1 Å². The molecule has 2 unspecified atom stereocenters. The molecule has 0 radical (unpaired) electrons. The molecule has 3 heterocycles. The predicted molar refractivity (Wildman–Crippen MR) is 142 cm³/mol. The second kappa shape index (κ2) is 9.65. The van der Waals surface area contributed by atoms with E-state index in [1.807, 2.05) is 39.5 Å². The van der Waals surface area contributed by atoms with Crippen molar-refractivity contribution in [1.29, 1.82) is 0 Å². The Kier molecular flexibility index (Phi) is 6.92. The fourth-order valence-corrected chi connectivity index (χ4v) is 4.93. The Morgan fingerprint density at radius 1 is 1.19 bits per heavy atom. The minimum Gasteiger partial charge on any atom is -0.349 e. The molecule has 4 rings (SSSR count). The number of hydrogen-bond acceptors (Lipinski definition) is 5. The van der Waals surface area contributed by atoms with E-state index >= 15 is 0 Å². The summed E-state index contributed by atoms with van der Waals surface area (Å²) in [4.78, 5) is 38.7. The molecule has 0 saturated carbocycles. The Balaban J connectivity index is 1.94. The second-order valence-electron chi connectivity index (χ2n) is 10.6. The number of fused-ring (bicyclic) bond motifs is 1. The number of hydrogen-bond donors (Lipinski definition) is 0. The summed E-state index contributed by atoms with van der Waals surface area (Å²) in [5.41, 5.74) is 0.247. The number of pyridine rings is 1.